The van der Waals surface area contributed by atoms with Gasteiger partial charge < -0.3 is 14.6 Å². The van der Waals surface area contributed by atoms with Crippen molar-refractivity contribution in [3.05, 3.63) is 100 Å². The summed E-state index contributed by atoms with van der Waals surface area (Å²) in [5.74, 6) is 1.51. The van der Waals surface area contributed by atoms with E-state index in [9.17, 15) is 4.79 Å². The Morgan fingerprint density at radius 2 is 1.66 bits per heavy atom. The number of carbonyl (C=O) groups excluding carboxylic acids is 1. The number of anilines is 1. The van der Waals surface area contributed by atoms with Gasteiger partial charge in [-0.15, -0.1) is 11.3 Å². The van der Waals surface area contributed by atoms with Crippen LogP contribution in [0.3, 0.4) is 0 Å². The molecule has 0 aliphatic carbocycles. The summed E-state index contributed by atoms with van der Waals surface area (Å²) in [5, 5.41) is 4.94. The van der Waals surface area contributed by atoms with Gasteiger partial charge in [0.2, 0.25) is 5.91 Å². The van der Waals surface area contributed by atoms with Gasteiger partial charge >= 0.3 is 0 Å². The summed E-state index contributed by atoms with van der Waals surface area (Å²) >= 11 is 1.52. The Balaban J connectivity index is 1.41. The molecule has 1 heterocycles. The van der Waals surface area contributed by atoms with E-state index in [-0.39, 0.29) is 5.91 Å². The summed E-state index contributed by atoms with van der Waals surface area (Å²) in [5.41, 5.74) is 3.81. The number of nitrogens with zero attached hydrogens (tertiary/aromatic N) is 2. The Bertz CT molecular complexity index is 1240. The highest BCUT2D eigenvalue weighted by Crippen LogP contribution is 2.23. The average Bonchev–Trinajstić information content (AvgIpc) is 3.15. The van der Waals surface area contributed by atoms with Crippen molar-refractivity contribution in [1.82, 2.24) is 4.57 Å². The molecular formula is C26H25N3O2S. The van der Waals surface area contributed by atoms with E-state index in [0.29, 0.717) is 6.42 Å². The molecule has 3 aromatic carbocycles. The number of hydrogen-bond donors (Lipinski definition) is 1. The molecule has 0 saturated carbocycles. The monoisotopic (exact) mass is 443 g/mol. The molecule has 0 unspecified atom stereocenters. The Morgan fingerprint density at radius 1 is 0.969 bits per heavy atom. The number of amides is 1. The maximum absolute atomic E-state index is 12.5. The van der Waals surface area contributed by atoms with E-state index in [1.807, 2.05) is 95.9 Å². The summed E-state index contributed by atoms with van der Waals surface area (Å²) in [6.45, 7) is 2.11. The van der Waals surface area contributed by atoms with Crippen LogP contribution in [0.5, 0.6) is 11.5 Å². The number of ether oxygens (including phenoxy) is 1. The molecule has 0 fully saturated rings. The lowest BCUT2D eigenvalue weighted by Gasteiger charge is -2.07. The number of carbonyl (C=O) groups is 1. The summed E-state index contributed by atoms with van der Waals surface area (Å²) in [6.07, 6.45) is 1.27. The van der Waals surface area contributed by atoms with Crippen molar-refractivity contribution in [3.8, 4) is 11.5 Å². The van der Waals surface area contributed by atoms with Crippen LogP contribution in [0, 0.1) is 0 Å². The second-order valence-corrected chi connectivity index (χ2v) is 8.20. The summed E-state index contributed by atoms with van der Waals surface area (Å²) in [6, 6.07) is 25.3. The maximum atomic E-state index is 12.5. The molecule has 4 aromatic rings. The van der Waals surface area contributed by atoms with Crippen LogP contribution in [0.2, 0.25) is 0 Å². The van der Waals surface area contributed by atoms with Crippen LogP contribution in [0.4, 0.5) is 11.4 Å². The van der Waals surface area contributed by atoms with Crippen molar-refractivity contribution >= 4 is 28.6 Å². The molecule has 0 spiro atoms. The van der Waals surface area contributed by atoms with Crippen LogP contribution in [-0.4, -0.2) is 10.5 Å². The van der Waals surface area contributed by atoms with Crippen LogP contribution < -0.4 is 14.9 Å². The van der Waals surface area contributed by atoms with E-state index in [0.717, 1.165) is 39.8 Å². The largest absolute Gasteiger partial charge is 0.457 e. The van der Waals surface area contributed by atoms with E-state index in [1.165, 1.54) is 16.9 Å². The van der Waals surface area contributed by atoms with Crippen molar-refractivity contribution in [2.24, 2.45) is 12.0 Å². The first-order chi connectivity index (χ1) is 15.6. The molecular weight excluding hydrogens is 418 g/mol. The quantitative estimate of drug-likeness (QED) is 0.389. The molecule has 1 N–H and O–H groups in total. The minimum atomic E-state index is -0.0448. The normalized spacial score (nSPS) is 11.4. The molecule has 6 heteroatoms. The highest BCUT2D eigenvalue weighted by molar-refractivity contribution is 7.07. The number of benzene rings is 3. The van der Waals surface area contributed by atoms with Crippen molar-refractivity contribution in [2.75, 3.05) is 5.32 Å². The lowest BCUT2D eigenvalue weighted by atomic mass is 10.1. The topological polar surface area (TPSA) is 55.6 Å². The Labute approximate surface area is 191 Å². The number of aryl methyl sites for hydroxylation is 1. The molecule has 32 heavy (non-hydrogen) atoms. The molecule has 1 amide bonds. The standard InChI is InChI=1S/C26H25N3O2S/c1-3-19-9-11-20(12-10-19)27-25(30)17-22-18-32-26(29(22)2)28-21-13-15-24(16-14-21)31-23-7-5-4-6-8-23/h4-16,18H,3,17H2,1-2H3,(H,27,30). The maximum Gasteiger partial charge on any atom is 0.230 e. The van der Waals surface area contributed by atoms with E-state index < -0.39 is 0 Å². The Kier molecular flexibility index (Phi) is 6.82. The second kappa shape index (κ2) is 10.1. The first-order valence-electron chi connectivity index (χ1n) is 10.5. The smallest absolute Gasteiger partial charge is 0.230 e. The van der Waals surface area contributed by atoms with Crippen molar-refractivity contribution in [3.63, 3.8) is 0 Å². The molecule has 0 bridgehead atoms. The number of nitrogens with one attached hydrogen (secondary N) is 1. The van der Waals surface area contributed by atoms with Gasteiger partial charge in [0, 0.05) is 23.8 Å². The first kappa shape index (κ1) is 21.6. The number of hydrogen-bond acceptors (Lipinski definition) is 4. The van der Waals surface area contributed by atoms with Gasteiger partial charge in [-0.3, -0.25) is 4.79 Å². The first-order valence-corrected chi connectivity index (χ1v) is 11.4. The third kappa shape index (κ3) is 5.53. The molecule has 1 aromatic heterocycles. The van der Waals surface area contributed by atoms with Gasteiger partial charge in [-0.25, -0.2) is 4.99 Å². The zero-order chi connectivity index (χ0) is 22.3. The van der Waals surface area contributed by atoms with Crippen LogP contribution in [0.25, 0.3) is 0 Å². The molecule has 0 atom stereocenters. The number of para-hydroxylation sites is 1. The average molecular weight is 444 g/mol. The third-order valence-corrected chi connectivity index (χ3v) is 6.01. The SMILES string of the molecule is CCc1ccc(NC(=O)Cc2csc(=Nc3ccc(Oc4ccccc4)cc3)n2C)cc1. The predicted molar refractivity (Wildman–Crippen MR) is 130 cm³/mol. The van der Waals surface area contributed by atoms with Crippen LogP contribution >= 0.6 is 11.3 Å². The minimum Gasteiger partial charge on any atom is -0.457 e. The van der Waals surface area contributed by atoms with Crippen molar-refractivity contribution in [1.29, 1.82) is 0 Å². The van der Waals surface area contributed by atoms with Crippen LogP contribution in [0.1, 0.15) is 18.2 Å². The lowest BCUT2D eigenvalue weighted by molar-refractivity contribution is -0.115. The number of aromatic nitrogens is 1. The van der Waals surface area contributed by atoms with Gasteiger partial charge in [0.15, 0.2) is 4.80 Å². The fourth-order valence-corrected chi connectivity index (χ4v) is 4.10. The summed E-state index contributed by atoms with van der Waals surface area (Å²) in [7, 11) is 1.93. The molecule has 4 rings (SSSR count). The fraction of sp³-hybridized carbons (Fsp3) is 0.154. The molecule has 162 valence electrons. The second-order valence-electron chi connectivity index (χ2n) is 7.36. The molecule has 0 saturated heterocycles. The fourth-order valence-electron chi connectivity index (χ4n) is 3.18. The third-order valence-electron chi connectivity index (χ3n) is 5.05. The van der Waals surface area contributed by atoms with Crippen LogP contribution in [0.15, 0.2) is 89.2 Å². The molecule has 0 radical (unpaired) electrons. The molecule has 0 aliphatic heterocycles. The highest BCUT2D eigenvalue weighted by Gasteiger charge is 2.09. The van der Waals surface area contributed by atoms with Gasteiger partial charge in [-0.1, -0.05) is 37.3 Å². The number of rotatable bonds is 7. The van der Waals surface area contributed by atoms with Gasteiger partial charge in [0.05, 0.1) is 12.1 Å². The van der Waals surface area contributed by atoms with E-state index in [1.54, 1.807) is 0 Å². The Morgan fingerprint density at radius 3 is 2.34 bits per heavy atom. The zero-order valence-corrected chi connectivity index (χ0v) is 18.9. The van der Waals surface area contributed by atoms with Crippen molar-refractivity contribution < 1.29 is 9.53 Å². The predicted octanol–water partition coefficient (Wildman–Crippen LogP) is 5.85. The van der Waals surface area contributed by atoms with Gasteiger partial charge in [-0.2, -0.15) is 0 Å². The van der Waals surface area contributed by atoms with E-state index in [2.05, 4.69) is 12.2 Å². The van der Waals surface area contributed by atoms with E-state index in [4.69, 9.17) is 9.73 Å². The highest BCUT2D eigenvalue weighted by atomic mass is 32.1. The minimum absolute atomic E-state index is 0.0448. The molecule has 5 nitrogen and oxygen atoms in total. The van der Waals surface area contributed by atoms with Crippen LogP contribution in [-0.2, 0) is 24.7 Å². The van der Waals surface area contributed by atoms with Gasteiger partial charge in [0.25, 0.3) is 0 Å². The molecule has 0 aliphatic rings. The van der Waals surface area contributed by atoms with Crippen molar-refractivity contribution in [2.45, 2.75) is 19.8 Å². The summed E-state index contributed by atoms with van der Waals surface area (Å²) < 4.78 is 7.79. The lowest BCUT2D eigenvalue weighted by Crippen LogP contribution is -2.19. The zero-order valence-electron chi connectivity index (χ0n) is 18.1. The summed E-state index contributed by atoms with van der Waals surface area (Å²) in [4.78, 5) is 18.0. The van der Waals surface area contributed by atoms with Gasteiger partial charge in [-0.05, 0) is 60.5 Å². The van der Waals surface area contributed by atoms with E-state index >= 15 is 0 Å². The van der Waals surface area contributed by atoms with Gasteiger partial charge in [0.1, 0.15) is 11.5 Å². The Hall–Kier alpha value is -3.64. The number of thiazole rings is 1.